The summed E-state index contributed by atoms with van der Waals surface area (Å²) in [5.74, 6) is 1.13. The fourth-order valence-corrected chi connectivity index (χ4v) is 2.60. The second-order valence-electron chi connectivity index (χ2n) is 5.05. The van der Waals surface area contributed by atoms with E-state index in [1.165, 1.54) is 18.5 Å². The van der Waals surface area contributed by atoms with E-state index in [0.717, 1.165) is 30.9 Å². The molecule has 2 aromatic heterocycles. The van der Waals surface area contributed by atoms with Gasteiger partial charge in [-0.15, -0.1) is 0 Å². The lowest BCUT2D eigenvalue weighted by Gasteiger charge is -2.25. The van der Waals surface area contributed by atoms with E-state index in [0.29, 0.717) is 0 Å². The van der Waals surface area contributed by atoms with Crippen LogP contribution in [0.15, 0.2) is 30.5 Å². The molecule has 1 atom stereocenters. The summed E-state index contributed by atoms with van der Waals surface area (Å²) in [6.07, 6.45) is 6.37. The van der Waals surface area contributed by atoms with Crippen LogP contribution in [-0.4, -0.2) is 21.3 Å². The van der Waals surface area contributed by atoms with E-state index in [-0.39, 0.29) is 6.04 Å². The molecular formula is C15H20N4. The predicted molar refractivity (Wildman–Crippen MR) is 76.3 cm³/mol. The number of hydrogen-bond acceptors (Lipinski definition) is 3. The molecule has 3 heterocycles. The van der Waals surface area contributed by atoms with Crippen molar-refractivity contribution >= 4 is 5.82 Å². The molecule has 0 aromatic carbocycles. The normalized spacial score (nSPS) is 17.8. The molecule has 1 N–H and O–H groups in total. The maximum absolute atomic E-state index is 4.76. The summed E-state index contributed by atoms with van der Waals surface area (Å²) in [6, 6.07) is 8.55. The Hall–Kier alpha value is -1.84. The maximum atomic E-state index is 4.76. The molecule has 0 bridgehead atoms. The van der Waals surface area contributed by atoms with E-state index >= 15 is 0 Å². The lowest BCUT2D eigenvalue weighted by molar-refractivity contribution is 0.467. The minimum Gasteiger partial charge on any atom is -0.370 e. The van der Waals surface area contributed by atoms with Gasteiger partial charge in [0.1, 0.15) is 5.82 Å². The molecule has 0 amide bonds. The molecule has 0 radical (unpaired) electrons. The van der Waals surface area contributed by atoms with Gasteiger partial charge in [-0.1, -0.05) is 19.4 Å². The second kappa shape index (κ2) is 5.43. The van der Waals surface area contributed by atoms with Gasteiger partial charge in [-0.25, -0.2) is 4.68 Å². The monoisotopic (exact) mass is 256 g/mol. The van der Waals surface area contributed by atoms with Gasteiger partial charge in [0.15, 0.2) is 0 Å². The first-order valence-electron chi connectivity index (χ1n) is 7.11. The molecular weight excluding hydrogens is 236 g/mol. The van der Waals surface area contributed by atoms with Crippen molar-refractivity contribution < 1.29 is 0 Å². The van der Waals surface area contributed by atoms with E-state index in [4.69, 9.17) is 5.10 Å². The topological polar surface area (TPSA) is 42.7 Å². The number of aryl methyl sites for hydroxylation is 1. The van der Waals surface area contributed by atoms with E-state index in [1.807, 2.05) is 18.3 Å². The van der Waals surface area contributed by atoms with Crippen molar-refractivity contribution in [1.82, 2.24) is 14.8 Å². The zero-order valence-electron chi connectivity index (χ0n) is 11.3. The van der Waals surface area contributed by atoms with Crippen LogP contribution in [0.3, 0.4) is 0 Å². The molecule has 1 aliphatic heterocycles. The molecule has 100 valence electrons. The van der Waals surface area contributed by atoms with Gasteiger partial charge in [0.2, 0.25) is 0 Å². The smallest absolute Gasteiger partial charge is 0.125 e. The highest BCUT2D eigenvalue weighted by molar-refractivity contribution is 5.40. The molecule has 3 rings (SSSR count). The Morgan fingerprint density at radius 1 is 1.42 bits per heavy atom. The average Bonchev–Trinajstić information content (AvgIpc) is 2.88. The fraction of sp³-hybridized carbons (Fsp3) is 0.467. The van der Waals surface area contributed by atoms with Gasteiger partial charge >= 0.3 is 0 Å². The summed E-state index contributed by atoms with van der Waals surface area (Å²) >= 11 is 0. The second-order valence-corrected chi connectivity index (χ2v) is 5.05. The predicted octanol–water partition coefficient (Wildman–Crippen LogP) is 3.03. The summed E-state index contributed by atoms with van der Waals surface area (Å²) in [6.45, 7) is 3.20. The maximum Gasteiger partial charge on any atom is 0.125 e. The molecule has 0 fully saturated rings. The molecule has 19 heavy (non-hydrogen) atoms. The molecule has 2 aromatic rings. The third-order valence-electron chi connectivity index (χ3n) is 3.62. The van der Waals surface area contributed by atoms with Crippen molar-refractivity contribution in [2.45, 2.75) is 38.6 Å². The van der Waals surface area contributed by atoms with Gasteiger partial charge in [0.25, 0.3) is 0 Å². The summed E-state index contributed by atoms with van der Waals surface area (Å²) in [5.41, 5.74) is 2.29. The van der Waals surface area contributed by atoms with Crippen LogP contribution in [0, 0.1) is 0 Å². The highest BCUT2D eigenvalue weighted by Crippen LogP contribution is 2.28. The minimum atomic E-state index is 0.271. The van der Waals surface area contributed by atoms with Crippen molar-refractivity contribution in [1.29, 1.82) is 0 Å². The number of aromatic nitrogens is 3. The van der Waals surface area contributed by atoms with Crippen molar-refractivity contribution in [2.24, 2.45) is 0 Å². The van der Waals surface area contributed by atoms with Gasteiger partial charge in [-0.3, -0.25) is 4.98 Å². The quantitative estimate of drug-likeness (QED) is 0.914. The Morgan fingerprint density at radius 2 is 2.37 bits per heavy atom. The van der Waals surface area contributed by atoms with Crippen LogP contribution in [0.2, 0.25) is 0 Å². The van der Waals surface area contributed by atoms with E-state index in [9.17, 15) is 0 Å². The van der Waals surface area contributed by atoms with Crippen LogP contribution in [0.4, 0.5) is 5.82 Å². The van der Waals surface area contributed by atoms with Crippen LogP contribution in [-0.2, 0) is 6.42 Å². The Labute approximate surface area is 113 Å². The van der Waals surface area contributed by atoms with Crippen LogP contribution >= 0.6 is 0 Å². The standard InChI is InChI=1S/C15H20N4/c1-2-3-6-12-11-15-17-10-8-14(19(15)18-12)13-7-4-5-9-16-13/h4-5,7,9,11,14,17H,2-3,6,8,10H2,1H3. The van der Waals surface area contributed by atoms with Crippen molar-refractivity contribution in [2.75, 3.05) is 11.9 Å². The third kappa shape index (κ3) is 2.48. The van der Waals surface area contributed by atoms with Gasteiger partial charge in [0, 0.05) is 18.8 Å². The molecule has 1 unspecified atom stereocenters. The first kappa shape index (κ1) is 12.2. The first-order valence-corrected chi connectivity index (χ1v) is 7.11. The number of hydrogen-bond donors (Lipinski definition) is 1. The van der Waals surface area contributed by atoms with Gasteiger partial charge in [-0.2, -0.15) is 5.10 Å². The lowest BCUT2D eigenvalue weighted by atomic mass is 10.1. The Kier molecular flexibility index (Phi) is 3.49. The molecule has 1 aliphatic rings. The number of pyridine rings is 1. The Bertz CT molecular complexity index is 532. The van der Waals surface area contributed by atoms with E-state index < -0.39 is 0 Å². The highest BCUT2D eigenvalue weighted by Gasteiger charge is 2.23. The number of unbranched alkanes of at least 4 members (excludes halogenated alkanes) is 1. The van der Waals surface area contributed by atoms with Crippen molar-refractivity contribution in [3.63, 3.8) is 0 Å². The fourth-order valence-electron chi connectivity index (χ4n) is 2.60. The summed E-state index contributed by atoms with van der Waals surface area (Å²) in [7, 11) is 0. The van der Waals surface area contributed by atoms with Gasteiger partial charge < -0.3 is 5.32 Å². The average molecular weight is 256 g/mol. The molecule has 0 aliphatic carbocycles. The molecule has 4 nitrogen and oxygen atoms in total. The number of rotatable bonds is 4. The number of nitrogens with zero attached hydrogens (tertiary/aromatic N) is 3. The Balaban J connectivity index is 1.89. The molecule has 0 spiro atoms. The SMILES string of the molecule is CCCCc1cc2n(n1)C(c1ccccn1)CCN2. The molecule has 4 heteroatoms. The van der Waals surface area contributed by atoms with Crippen LogP contribution in [0.25, 0.3) is 0 Å². The zero-order chi connectivity index (χ0) is 13.1. The summed E-state index contributed by atoms with van der Waals surface area (Å²) in [4.78, 5) is 4.48. The van der Waals surface area contributed by atoms with E-state index in [1.54, 1.807) is 0 Å². The Morgan fingerprint density at radius 3 is 3.16 bits per heavy atom. The molecule has 0 saturated carbocycles. The third-order valence-corrected chi connectivity index (χ3v) is 3.62. The number of anilines is 1. The summed E-state index contributed by atoms with van der Waals surface area (Å²) in [5, 5.41) is 8.19. The lowest BCUT2D eigenvalue weighted by Crippen LogP contribution is -2.24. The van der Waals surface area contributed by atoms with Crippen LogP contribution < -0.4 is 5.32 Å². The summed E-state index contributed by atoms with van der Waals surface area (Å²) < 4.78 is 2.11. The zero-order valence-corrected chi connectivity index (χ0v) is 11.3. The first-order chi connectivity index (χ1) is 9.38. The largest absolute Gasteiger partial charge is 0.370 e. The van der Waals surface area contributed by atoms with Crippen LogP contribution in [0.1, 0.15) is 43.6 Å². The van der Waals surface area contributed by atoms with E-state index in [2.05, 4.69) is 34.0 Å². The highest BCUT2D eigenvalue weighted by atomic mass is 15.4. The minimum absolute atomic E-state index is 0.271. The number of fused-ring (bicyclic) bond motifs is 1. The van der Waals surface area contributed by atoms with Gasteiger partial charge in [0.05, 0.1) is 17.4 Å². The molecule has 0 saturated heterocycles. The van der Waals surface area contributed by atoms with Crippen molar-refractivity contribution in [3.8, 4) is 0 Å². The van der Waals surface area contributed by atoms with Crippen molar-refractivity contribution in [3.05, 3.63) is 41.9 Å². The number of nitrogens with one attached hydrogen (secondary N) is 1. The van der Waals surface area contributed by atoms with Crippen LogP contribution in [0.5, 0.6) is 0 Å². The van der Waals surface area contributed by atoms with Gasteiger partial charge in [-0.05, 0) is 31.4 Å².